The summed E-state index contributed by atoms with van der Waals surface area (Å²) in [4.78, 5) is 3.71. The topological polar surface area (TPSA) is 131 Å². The van der Waals surface area contributed by atoms with Crippen molar-refractivity contribution in [3.05, 3.63) is 18.5 Å². The second-order valence-corrected chi connectivity index (χ2v) is 7.14. The maximum atomic E-state index is 12.0. The molecule has 0 spiro atoms. The Hall–Kier alpha value is -1.23. The highest BCUT2D eigenvalue weighted by Crippen LogP contribution is 2.18. The summed E-state index contributed by atoms with van der Waals surface area (Å²) >= 11 is 0. The zero-order valence-electron chi connectivity index (χ0n) is 10.3. The van der Waals surface area contributed by atoms with Crippen LogP contribution in [0, 0.1) is 0 Å². The number of hydrogen-bond donors (Lipinski definition) is 3. The lowest BCUT2D eigenvalue weighted by atomic mass is 10.4. The summed E-state index contributed by atoms with van der Waals surface area (Å²) in [6, 6.07) is 1.53. The van der Waals surface area contributed by atoms with Gasteiger partial charge in [0.25, 0.3) is 0 Å². The molecule has 0 saturated carbocycles. The van der Waals surface area contributed by atoms with E-state index in [1.807, 2.05) is 6.92 Å². The van der Waals surface area contributed by atoms with Crippen LogP contribution in [0.4, 0.5) is 5.69 Å². The summed E-state index contributed by atoms with van der Waals surface area (Å²) in [5.41, 5.74) is 0.403. The molecular weight excluding hydrogens is 292 g/mol. The fourth-order valence-electron chi connectivity index (χ4n) is 1.33. The van der Waals surface area contributed by atoms with Gasteiger partial charge in [0.15, 0.2) is 0 Å². The van der Waals surface area contributed by atoms with Gasteiger partial charge in [0.05, 0.1) is 11.4 Å². The van der Waals surface area contributed by atoms with Crippen LogP contribution in [0.15, 0.2) is 23.4 Å². The first-order chi connectivity index (χ1) is 8.76. The largest absolute Gasteiger partial charge is 0.384 e. The number of pyridine rings is 1. The Morgan fingerprint density at radius 1 is 1.32 bits per heavy atom. The lowest BCUT2D eigenvalue weighted by Gasteiger charge is -2.11. The maximum Gasteiger partial charge on any atom is 0.244 e. The molecule has 4 N–H and O–H groups in total. The third kappa shape index (κ3) is 5.11. The molecule has 19 heavy (non-hydrogen) atoms. The number of rotatable bonds is 7. The number of aromatic nitrogens is 1. The highest BCUT2D eigenvalue weighted by molar-refractivity contribution is 7.90. The first-order valence-corrected chi connectivity index (χ1v) is 8.64. The molecule has 1 aromatic rings. The number of primary sulfonamides is 1. The predicted octanol–water partition coefficient (Wildman–Crippen LogP) is -0.920. The van der Waals surface area contributed by atoms with Gasteiger partial charge < -0.3 is 5.32 Å². The molecule has 1 rings (SSSR count). The molecule has 0 radical (unpaired) electrons. The van der Waals surface area contributed by atoms with Crippen LogP contribution in [0.2, 0.25) is 0 Å². The summed E-state index contributed by atoms with van der Waals surface area (Å²) in [5.74, 6) is -0.469. The van der Waals surface area contributed by atoms with Gasteiger partial charge in [-0.15, -0.1) is 0 Å². The molecule has 0 unspecified atom stereocenters. The summed E-state index contributed by atoms with van der Waals surface area (Å²) in [5, 5.41) is 7.68. The van der Waals surface area contributed by atoms with E-state index in [-0.39, 0.29) is 11.4 Å². The fourth-order valence-corrected chi connectivity index (χ4v) is 3.00. The standard InChI is InChI=1S/C9H16N4O4S2/c1-2-12-8-3-4-11-7-9(8)19(16,17)13-5-6-18(10,14)15/h3-4,7,13H,2,5-6H2,1H3,(H,11,12)(H2,10,14,15). The number of nitrogens with one attached hydrogen (secondary N) is 2. The van der Waals surface area contributed by atoms with E-state index in [1.54, 1.807) is 0 Å². The lowest BCUT2D eigenvalue weighted by molar-refractivity contribution is 0.581. The van der Waals surface area contributed by atoms with E-state index in [1.165, 1.54) is 18.5 Å². The summed E-state index contributed by atoms with van der Waals surface area (Å²) in [6.45, 7) is 2.08. The van der Waals surface area contributed by atoms with Crippen molar-refractivity contribution in [2.24, 2.45) is 5.14 Å². The minimum Gasteiger partial charge on any atom is -0.384 e. The van der Waals surface area contributed by atoms with E-state index in [2.05, 4.69) is 15.0 Å². The van der Waals surface area contributed by atoms with Gasteiger partial charge in [-0.1, -0.05) is 0 Å². The van der Waals surface area contributed by atoms with Crippen LogP contribution in [0.5, 0.6) is 0 Å². The average Bonchev–Trinajstić information content (AvgIpc) is 2.28. The molecule has 108 valence electrons. The van der Waals surface area contributed by atoms with Gasteiger partial charge in [0.2, 0.25) is 20.0 Å². The van der Waals surface area contributed by atoms with Crippen LogP contribution in [-0.2, 0) is 20.0 Å². The molecule has 0 aliphatic carbocycles. The maximum absolute atomic E-state index is 12.0. The highest BCUT2D eigenvalue weighted by atomic mass is 32.2. The molecule has 8 nitrogen and oxygen atoms in total. The minimum absolute atomic E-state index is 0.0359. The van der Waals surface area contributed by atoms with Crippen LogP contribution in [0.25, 0.3) is 0 Å². The molecule has 0 atom stereocenters. The van der Waals surface area contributed by atoms with Gasteiger partial charge in [-0.3, -0.25) is 4.98 Å². The van der Waals surface area contributed by atoms with E-state index < -0.39 is 25.8 Å². The van der Waals surface area contributed by atoms with Gasteiger partial charge >= 0.3 is 0 Å². The van der Waals surface area contributed by atoms with Gasteiger partial charge in [-0.2, -0.15) is 0 Å². The van der Waals surface area contributed by atoms with Gasteiger partial charge in [-0.05, 0) is 13.0 Å². The second-order valence-electron chi connectivity index (χ2n) is 3.67. The Balaban J connectivity index is 2.88. The van der Waals surface area contributed by atoms with E-state index in [9.17, 15) is 16.8 Å². The van der Waals surface area contributed by atoms with Crippen LogP contribution in [0.1, 0.15) is 6.92 Å². The predicted molar refractivity (Wildman–Crippen MR) is 71.6 cm³/mol. The molecule has 0 fully saturated rings. The zero-order chi connectivity index (χ0) is 14.5. The van der Waals surface area contributed by atoms with Crippen LogP contribution in [-0.4, -0.2) is 40.7 Å². The average molecular weight is 308 g/mol. The van der Waals surface area contributed by atoms with Crippen molar-refractivity contribution in [1.29, 1.82) is 0 Å². The zero-order valence-corrected chi connectivity index (χ0v) is 12.0. The van der Waals surface area contributed by atoms with Gasteiger partial charge in [-0.25, -0.2) is 26.7 Å². The first-order valence-electron chi connectivity index (χ1n) is 5.44. The van der Waals surface area contributed by atoms with Crippen molar-refractivity contribution in [3.63, 3.8) is 0 Å². The Bertz CT molecular complexity index is 627. The van der Waals surface area contributed by atoms with Crippen LogP contribution in [0.3, 0.4) is 0 Å². The van der Waals surface area contributed by atoms with Crippen LogP contribution >= 0.6 is 0 Å². The van der Waals surface area contributed by atoms with Crippen molar-refractivity contribution in [1.82, 2.24) is 9.71 Å². The normalized spacial score (nSPS) is 12.3. The van der Waals surface area contributed by atoms with E-state index >= 15 is 0 Å². The first kappa shape index (κ1) is 15.8. The number of sulfonamides is 2. The monoisotopic (exact) mass is 308 g/mol. The Labute approximate surface area is 112 Å². The molecule has 10 heteroatoms. The quantitative estimate of drug-likeness (QED) is 0.597. The second kappa shape index (κ2) is 6.28. The van der Waals surface area contributed by atoms with E-state index in [0.29, 0.717) is 12.2 Å². The van der Waals surface area contributed by atoms with Crippen LogP contribution < -0.4 is 15.2 Å². The van der Waals surface area contributed by atoms with Crippen molar-refractivity contribution in [3.8, 4) is 0 Å². The number of anilines is 1. The molecule has 0 bridgehead atoms. The minimum atomic E-state index is -3.83. The molecule has 0 amide bonds. The summed E-state index contributed by atoms with van der Waals surface area (Å²) < 4.78 is 47.6. The highest BCUT2D eigenvalue weighted by Gasteiger charge is 2.18. The molecule has 0 aliphatic rings. The molecule has 0 aromatic carbocycles. The number of nitrogens with two attached hydrogens (primary N) is 1. The third-order valence-electron chi connectivity index (χ3n) is 2.12. The van der Waals surface area contributed by atoms with Gasteiger partial charge in [0, 0.05) is 25.5 Å². The fraction of sp³-hybridized carbons (Fsp3) is 0.444. The van der Waals surface area contributed by atoms with E-state index in [4.69, 9.17) is 5.14 Å². The lowest BCUT2D eigenvalue weighted by Crippen LogP contribution is -2.32. The number of hydrogen-bond acceptors (Lipinski definition) is 6. The van der Waals surface area contributed by atoms with Gasteiger partial charge in [0.1, 0.15) is 4.90 Å². The third-order valence-corrected chi connectivity index (χ3v) is 4.38. The SMILES string of the molecule is CCNc1ccncc1S(=O)(=O)NCCS(N)(=O)=O. The van der Waals surface area contributed by atoms with Crippen molar-refractivity contribution >= 4 is 25.7 Å². The molecule has 1 heterocycles. The Morgan fingerprint density at radius 2 is 2.00 bits per heavy atom. The molecule has 1 aromatic heterocycles. The molecule has 0 aliphatic heterocycles. The summed E-state index contributed by atoms with van der Waals surface area (Å²) in [6.07, 6.45) is 2.65. The smallest absolute Gasteiger partial charge is 0.244 e. The van der Waals surface area contributed by atoms with Crippen molar-refractivity contribution in [2.45, 2.75) is 11.8 Å². The van der Waals surface area contributed by atoms with Crippen molar-refractivity contribution < 1.29 is 16.8 Å². The molecular formula is C9H16N4O4S2. The summed E-state index contributed by atoms with van der Waals surface area (Å²) in [7, 11) is -7.54. The number of nitrogens with zero attached hydrogens (tertiary/aromatic N) is 1. The van der Waals surface area contributed by atoms with E-state index in [0.717, 1.165) is 0 Å². The Kier molecular flexibility index (Phi) is 5.23. The Morgan fingerprint density at radius 3 is 2.58 bits per heavy atom. The van der Waals surface area contributed by atoms with Crippen molar-refractivity contribution in [2.75, 3.05) is 24.2 Å². The molecule has 0 saturated heterocycles.